The van der Waals surface area contributed by atoms with Gasteiger partial charge in [-0.3, -0.25) is 0 Å². The fourth-order valence-electron chi connectivity index (χ4n) is 2.30. The number of nitrogens with zero attached hydrogens (tertiary/aromatic N) is 1. The average molecular weight is 351 g/mol. The SMILES string of the molecule is OCC[C@@H](CN1CCCC1)c1ccc(I)s1. The summed E-state index contributed by atoms with van der Waals surface area (Å²) >= 11 is 4.24. The summed E-state index contributed by atoms with van der Waals surface area (Å²) in [5.74, 6) is 0.525. The van der Waals surface area contributed by atoms with Crippen molar-refractivity contribution in [1.82, 2.24) is 4.90 Å². The van der Waals surface area contributed by atoms with Crippen LogP contribution >= 0.6 is 33.9 Å². The standard InChI is InChI=1S/C12H18INOS/c13-12-4-3-11(16-12)10(5-8-15)9-14-6-1-2-7-14/h3-4,10,15H,1-2,5-9H2/t10-/m0/s1. The van der Waals surface area contributed by atoms with Crippen LogP contribution in [0, 0.1) is 2.88 Å². The molecule has 90 valence electrons. The Hall–Kier alpha value is 0.350. The molecule has 0 bridgehead atoms. The van der Waals surface area contributed by atoms with Gasteiger partial charge in [-0.2, -0.15) is 0 Å². The third-order valence-corrected chi connectivity index (χ3v) is 5.21. The topological polar surface area (TPSA) is 23.5 Å². The molecule has 1 N–H and O–H groups in total. The lowest BCUT2D eigenvalue weighted by atomic mass is 10.0. The Morgan fingerprint density at radius 3 is 2.69 bits per heavy atom. The molecule has 1 aromatic heterocycles. The maximum atomic E-state index is 9.16. The van der Waals surface area contributed by atoms with E-state index in [2.05, 4.69) is 39.6 Å². The van der Waals surface area contributed by atoms with Crippen molar-refractivity contribution in [3.63, 3.8) is 0 Å². The predicted molar refractivity (Wildman–Crippen MR) is 77.2 cm³/mol. The second-order valence-electron chi connectivity index (χ2n) is 4.36. The van der Waals surface area contributed by atoms with E-state index in [1.165, 1.54) is 33.7 Å². The molecule has 1 aromatic rings. The van der Waals surface area contributed by atoms with Gasteiger partial charge in [-0.05, 0) is 67.1 Å². The molecule has 2 nitrogen and oxygen atoms in total. The first kappa shape index (κ1) is 12.8. The maximum absolute atomic E-state index is 9.16. The second-order valence-corrected chi connectivity index (χ2v) is 7.37. The maximum Gasteiger partial charge on any atom is 0.0656 e. The van der Waals surface area contributed by atoms with Crippen LogP contribution in [0.4, 0.5) is 0 Å². The van der Waals surface area contributed by atoms with E-state index in [1.807, 2.05) is 11.3 Å². The van der Waals surface area contributed by atoms with Crippen LogP contribution in [0.2, 0.25) is 0 Å². The van der Waals surface area contributed by atoms with Gasteiger partial charge in [0.25, 0.3) is 0 Å². The number of hydrogen-bond donors (Lipinski definition) is 1. The largest absolute Gasteiger partial charge is 0.396 e. The number of halogens is 1. The van der Waals surface area contributed by atoms with Gasteiger partial charge in [-0.1, -0.05) is 0 Å². The van der Waals surface area contributed by atoms with Gasteiger partial charge in [0, 0.05) is 23.9 Å². The summed E-state index contributed by atoms with van der Waals surface area (Å²) in [6.45, 7) is 3.90. The van der Waals surface area contributed by atoms with Crippen LogP contribution in [-0.4, -0.2) is 36.2 Å². The van der Waals surface area contributed by atoms with Crippen molar-refractivity contribution in [3.05, 3.63) is 19.9 Å². The summed E-state index contributed by atoms with van der Waals surface area (Å²) in [5, 5.41) is 9.16. The van der Waals surface area contributed by atoms with Crippen molar-refractivity contribution < 1.29 is 5.11 Å². The van der Waals surface area contributed by atoms with Crippen LogP contribution < -0.4 is 0 Å². The third-order valence-electron chi connectivity index (χ3n) is 3.15. The van der Waals surface area contributed by atoms with Crippen molar-refractivity contribution in [2.45, 2.75) is 25.2 Å². The second kappa shape index (κ2) is 6.33. The number of aliphatic hydroxyl groups is 1. The zero-order valence-electron chi connectivity index (χ0n) is 9.36. The Balaban J connectivity index is 1.98. The minimum atomic E-state index is 0.299. The van der Waals surface area contributed by atoms with Crippen molar-refractivity contribution in [2.24, 2.45) is 0 Å². The molecule has 0 amide bonds. The number of likely N-dealkylation sites (tertiary alicyclic amines) is 1. The number of hydrogen-bond acceptors (Lipinski definition) is 3. The molecule has 2 heterocycles. The summed E-state index contributed by atoms with van der Waals surface area (Å²) < 4.78 is 1.34. The molecule has 1 aliphatic rings. The molecule has 0 aromatic carbocycles. The molecular formula is C12H18INOS. The zero-order valence-corrected chi connectivity index (χ0v) is 12.3. The molecule has 4 heteroatoms. The number of thiophene rings is 1. The van der Waals surface area contributed by atoms with Crippen LogP contribution in [-0.2, 0) is 0 Å². The van der Waals surface area contributed by atoms with Gasteiger partial charge in [0.1, 0.15) is 0 Å². The summed E-state index contributed by atoms with van der Waals surface area (Å²) in [5.41, 5.74) is 0. The smallest absolute Gasteiger partial charge is 0.0656 e. The van der Waals surface area contributed by atoms with Crippen molar-refractivity contribution in [1.29, 1.82) is 0 Å². The summed E-state index contributed by atoms with van der Waals surface area (Å²) in [4.78, 5) is 3.97. The van der Waals surface area contributed by atoms with Crippen molar-refractivity contribution in [3.8, 4) is 0 Å². The highest BCUT2D eigenvalue weighted by molar-refractivity contribution is 14.1. The molecule has 16 heavy (non-hydrogen) atoms. The Labute approximate surface area is 115 Å². The van der Waals surface area contributed by atoms with Gasteiger partial charge in [0.2, 0.25) is 0 Å². The lowest BCUT2D eigenvalue weighted by Crippen LogP contribution is -2.25. The van der Waals surface area contributed by atoms with Gasteiger partial charge in [0.15, 0.2) is 0 Å². The molecule has 0 saturated carbocycles. The van der Waals surface area contributed by atoms with E-state index in [1.54, 1.807) is 0 Å². The normalized spacial score (nSPS) is 19.1. The van der Waals surface area contributed by atoms with E-state index in [0.717, 1.165) is 13.0 Å². The Kier molecular flexibility index (Phi) is 5.06. The van der Waals surface area contributed by atoms with Gasteiger partial charge in [-0.25, -0.2) is 0 Å². The minimum Gasteiger partial charge on any atom is -0.396 e. The highest BCUT2D eigenvalue weighted by atomic mass is 127. The van der Waals surface area contributed by atoms with Crippen LogP contribution in [0.1, 0.15) is 30.1 Å². The fraction of sp³-hybridized carbons (Fsp3) is 0.667. The van der Waals surface area contributed by atoms with E-state index >= 15 is 0 Å². The molecular weight excluding hydrogens is 333 g/mol. The van der Waals surface area contributed by atoms with E-state index in [-0.39, 0.29) is 0 Å². The predicted octanol–water partition coefficient (Wildman–Crippen LogP) is 2.91. The Morgan fingerprint density at radius 2 is 2.12 bits per heavy atom. The van der Waals surface area contributed by atoms with Crippen molar-refractivity contribution in [2.75, 3.05) is 26.2 Å². The van der Waals surface area contributed by atoms with Crippen molar-refractivity contribution >= 4 is 33.9 Å². The molecule has 1 atom stereocenters. The average Bonchev–Trinajstić information content (AvgIpc) is 2.88. The number of aliphatic hydroxyl groups excluding tert-OH is 1. The van der Waals surface area contributed by atoms with Gasteiger partial charge in [-0.15, -0.1) is 11.3 Å². The zero-order chi connectivity index (χ0) is 11.4. The molecule has 0 unspecified atom stereocenters. The molecule has 0 aliphatic carbocycles. The van der Waals surface area contributed by atoms with E-state index in [4.69, 9.17) is 5.11 Å². The van der Waals surface area contributed by atoms with Crippen LogP contribution in [0.3, 0.4) is 0 Å². The van der Waals surface area contributed by atoms with E-state index in [0.29, 0.717) is 12.5 Å². The van der Waals surface area contributed by atoms with Crippen LogP contribution in [0.25, 0.3) is 0 Å². The molecule has 0 radical (unpaired) electrons. The number of rotatable bonds is 5. The summed E-state index contributed by atoms with van der Waals surface area (Å²) in [6.07, 6.45) is 3.58. The first-order valence-corrected chi connectivity index (χ1v) is 7.77. The lowest BCUT2D eigenvalue weighted by Gasteiger charge is -2.21. The van der Waals surface area contributed by atoms with E-state index in [9.17, 15) is 0 Å². The highest BCUT2D eigenvalue weighted by Gasteiger charge is 2.19. The Morgan fingerprint density at radius 1 is 1.38 bits per heavy atom. The quantitative estimate of drug-likeness (QED) is 0.825. The van der Waals surface area contributed by atoms with Crippen LogP contribution in [0.15, 0.2) is 12.1 Å². The fourth-order valence-corrected chi connectivity index (χ4v) is 4.10. The van der Waals surface area contributed by atoms with Gasteiger partial charge >= 0.3 is 0 Å². The van der Waals surface area contributed by atoms with Gasteiger partial charge < -0.3 is 10.0 Å². The lowest BCUT2D eigenvalue weighted by molar-refractivity contribution is 0.247. The summed E-state index contributed by atoms with van der Waals surface area (Å²) in [6, 6.07) is 4.40. The van der Waals surface area contributed by atoms with Gasteiger partial charge in [0.05, 0.1) is 2.88 Å². The molecule has 1 saturated heterocycles. The third kappa shape index (κ3) is 3.42. The molecule has 0 spiro atoms. The first-order valence-electron chi connectivity index (χ1n) is 5.88. The monoisotopic (exact) mass is 351 g/mol. The molecule has 1 aliphatic heterocycles. The van der Waals surface area contributed by atoms with Crippen LogP contribution in [0.5, 0.6) is 0 Å². The Bertz CT molecular complexity index is 323. The molecule has 1 fully saturated rings. The van der Waals surface area contributed by atoms with E-state index < -0.39 is 0 Å². The highest BCUT2D eigenvalue weighted by Crippen LogP contribution is 2.29. The first-order chi connectivity index (χ1) is 7.79. The minimum absolute atomic E-state index is 0.299. The molecule has 2 rings (SSSR count). The summed E-state index contributed by atoms with van der Waals surface area (Å²) in [7, 11) is 0.